The van der Waals surface area contributed by atoms with Gasteiger partial charge in [-0.2, -0.15) is 0 Å². The summed E-state index contributed by atoms with van der Waals surface area (Å²) in [7, 11) is 0. The Morgan fingerprint density at radius 2 is 1.96 bits per heavy atom. The van der Waals surface area contributed by atoms with Crippen molar-refractivity contribution in [2.24, 2.45) is 0 Å². The number of hydrogen-bond donors (Lipinski definition) is 0. The van der Waals surface area contributed by atoms with Crippen molar-refractivity contribution in [2.45, 2.75) is 45.8 Å². The van der Waals surface area contributed by atoms with Gasteiger partial charge < -0.3 is 14.5 Å². The molecule has 1 atom stereocenters. The maximum Gasteiger partial charge on any atom is 0.410 e. The smallest absolute Gasteiger partial charge is 0.410 e. The molecule has 0 radical (unpaired) electrons. The van der Waals surface area contributed by atoms with E-state index >= 15 is 0 Å². The van der Waals surface area contributed by atoms with E-state index in [4.69, 9.17) is 4.74 Å². The monoisotopic (exact) mass is 377 g/mol. The molecule has 1 fully saturated rings. The zero-order chi connectivity index (χ0) is 19.8. The molecule has 0 bridgehead atoms. The topological polar surface area (TPSA) is 53.1 Å². The van der Waals surface area contributed by atoms with Gasteiger partial charge in [0.1, 0.15) is 11.4 Å². The standard InChI is InChI=1S/C20H28FN3O3/c1-14-12-22(9-10-23(14)19(26)27-20(2,3)4)13-18(25)24-8-7-15-11-16(21)5-6-17(15)24/h5-6,11,14H,7-10,12-13H2,1-4H3/t14-/m1/s1. The van der Waals surface area contributed by atoms with Crippen molar-refractivity contribution in [3.8, 4) is 0 Å². The molecule has 27 heavy (non-hydrogen) atoms. The van der Waals surface area contributed by atoms with Gasteiger partial charge in [0.05, 0.1) is 6.54 Å². The van der Waals surface area contributed by atoms with E-state index in [1.807, 2.05) is 27.7 Å². The number of benzene rings is 1. The van der Waals surface area contributed by atoms with Crippen molar-refractivity contribution in [3.63, 3.8) is 0 Å². The number of piperazine rings is 1. The Kier molecular flexibility index (Phi) is 5.42. The fourth-order valence-corrected chi connectivity index (χ4v) is 3.67. The van der Waals surface area contributed by atoms with Crippen molar-refractivity contribution in [1.82, 2.24) is 9.80 Å². The normalized spacial score (nSPS) is 20.6. The number of ether oxygens (including phenoxy) is 1. The van der Waals surface area contributed by atoms with Crippen LogP contribution in [0, 0.1) is 5.82 Å². The molecule has 1 aromatic rings. The third kappa shape index (κ3) is 4.58. The highest BCUT2D eigenvalue weighted by molar-refractivity contribution is 5.96. The van der Waals surface area contributed by atoms with Gasteiger partial charge in [-0.3, -0.25) is 9.69 Å². The van der Waals surface area contributed by atoms with Crippen LogP contribution in [-0.4, -0.2) is 66.2 Å². The van der Waals surface area contributed by atoms with E-state index in [2.05, 4.69) is 4.90 Å². The number of anilines is 1. The lowest BCUT2D eigenvalue weighted by molar-refractivity contribution is -0.120. The van der Waals surface area contributed by atoms with Gasteiger partial charge in [0.25, 0.3) is 0 Å². The van der Waals surface area contributed by atoms with E-state index in [-0.39, 0.29) is 23.9 Å². The SMILES string of the molecule is C[C@@H]1CN(CC(=O)N2CCc3cc(F)ccc32)CCN1C(=O)OC(C)(C)C. The molecule has 0 N–H and O–H groups in total. The largest absolute Gasteiger partial charge is 0.444 e. The minimum absolute atomic E-state index is 0.0123. The molecule has 6 nitrogen and oxygen atoms in total. The Balaban J connectivity index is 1.56. The first kappa shape index (κ1) is 19.6. The summed E-state index contributed by atoms with van der Waals surface area (Å²) >= 11 is 0. The van der Waals surface area contributed by atoms with Crippen LogP contribution in [0.15, 0.2) is 18.2 Å². The van der Waals surface area contributed by atoms with Crippen LogP contribution in [0.25, 0.3) is 0 Å². The average Bonchev–Trinajstić information content (AvgIpc) is 2.96. The molecule has 1 aromatic carbocycles. The summed E-state index contributed by atoms with van der Waals surface area (Å²) in [4.78, 5) is 30.6. The van der Waals surface area contributed by atoms with Gasteiger partial charge in [-0.25, -0.2) is 9.18 Å². The number of carbonyl (C=O) groups is 2. The summed E-state index contributed by atoms with van der Waals surface area (Å²) in [5.41, 5.74) is 1.17. The Morgan fingerprint density at radius 1 is 1.22 bits per heavy atom. The predicted octanol–water partition coefficient (Wildman–Crippen LogP) is 2.66. The van der Waals surface area contributed by atoms with Gasteiger partial charge in [0, 0.05) is 37.9 Å². The van der Waals surface area contributed by atoms with Crippen LogP contribution in [-0.2, 0) is 16.0 Å². The zero-order valence-electron chi connectivity index (χ0n) is 16.5. The molecule has 2 amide bonds. The number of carbonyl (C=O) groups excluding carboxylic acids is 2. The van der Waals surface area contributed by atoms with Gasteiger partial charge >= 0.3 is 6.09 Å². The molecular weight excluding hydrogens is 349 g/mol. The number of rotatable bonds is 2. The van der Waals surface area contributed by atoms with Gasteiger partial charge in [0.2, 0.25) is 5.91 Å². The highest BCUT2D eigenvalue weighted by Crippen LogP contribution is 2.28. The van der Waals surface area contributed by atoms with Crippen LogP contribution in [0.2, 0.25) is 0 Å². The van der Waals surface area contributed by atoms with Crippen LogP contribution in [0.4, 0.5) is 14.9 Å². The van der Waals surface area contributed by atoms with Crippen molar-refractivity contribution in [2.75, 3.05) is 37.6 Å². The first-order valence-corrected chi connectivity index (χ1v) is 9.45. The van der Waals surface area contributed by atoms with Crippen molar-refractivity contribution in [1.29, 1.82) is 0 Å². The number of nitrogens with zero attached hydrogens (tertiary/aromatic N) is 3. The summed E-state index contributed by atoms with van der Waals surface area (Å²) in [6.07, 6.45) is 0.373. The van der Waals surface area contributed by atoms with Gasteiger partial charge in [-0.15, -0.1) is 0 Å². The summed E-state index contributed by atoms with van der Waals surface area (Å²) < 4.78 is 18.8. The van der Waals surface area contributed by atoms with E-state index in [1.54, 1.807) is 15.9 Å². The van der Waals surface area contributed by atoms with E-state index < -0.39 is 5.60 Å². The maximum atomic E-state index is 13.4. The quantitative estimate of drug-likeness (QED) is 0.795. The second kappa shape index (κ2) is 7.46. The van der Waals surface area contributed by atoms with Crippen LogP contribution >= 0.6 is 0 Å². The fraction of sp³-hybridized carbons (Fsp3) is 0.600. The minimum Gasteiger partial charge on any atom is -0.444 e. The molecule has 7 heteroatoms. The Bertz CT molecular complexity index is 732. The van der Waals surface area contributed by atoms with Crippen molar-refractivity contribution < 1.29 is 18.7 Å². The predicted molar refractivity (Wildman–Crippen MR) is 101 cm³/mol. The molecule has 0 spiro atoms. The lowest BCUT2D eigenvalue weighted by Crippen LogP contribution is -2.56. The first-order valence-electron chi connectivity index (χ1n) is 9.45. The molecule has 0 unspecified atom stereocenters. The Labute approximate surface area is 159 Å². The van der Waals surface area contributed by atoms with Crippen LogP contribution in [0.1, 0.15) is 33.3 Å². The van der Waals surface area contributed by atoms with Crippen LogP contribution in [0.5, 0.6) is 0 Å². The highest BCUT2D eigenvalue weighted by Gasteiger charge is 2.33. The average molecular weight is 377 g/mol. The number of halogens is 1. The zero-order valence-corrected chi connectivity index (χ0v) is 16.5. The molecule has 0 aliphatic carbocycles. The maximum absolute atomic E-state index is 13.4. The Hall–Kier alpha value is -2.15. The van der Waals surface area contributed by atoms with Crippen LogP contribution < -0.4 is 4.90 Å². The van der Waals surface area contributed by atoms with Crippen molar-refractivity contribution >= 4 is 17.7 Å². The number of hydrogen-bond acceptors (Lipinski definition) is 4. The third-order valence-electron chi connectivity index (χ3n) is 4.94. The third-order valence-corrected chi connectivity index (χ3v) is 4.94. The number of fused-ring (bicyclic) bond motifs is 1. The molecule has 2 aliphatic rings. The molecule has 3 rings (SSSR count). The molecule has 0 aromatic heterocycles. The molecule has 2 aliphatic heterocycles. The van der Waals surface area contributed by atoms with Gasteiger partial charge in [-0.05, 0) is 57.9 Å². The lowest BCUT2D eigenvalue weighted by Gasteiger charge is -2.40. The van der Waals surface area contributed by atoms with E-state index in [9.17, 15) is 14.0 Å². The van der Waals surface area contributed by atoms with E-state index in [0.29, 0.717) is 39.1 Å². The minimum atomic E-state index is -0.521. The Morgan fingerprint density at radius 3 is 2.63 bits per heavy atom. The summed E-state index contributed by atoms with van der Waals surface area (Å²) in [6.45, 7) is 10.2. The fourth-order valence-electron chi connectivity index (χ4n) is 3.67. The summed E-state index contributed by atoms with van der Waals surface area (Å²) in [5, 5.41) is 0. The number of amides is 2. The summed E-state index contributed by atoms with van der Waals surface area (Å²) in [5.74, 6) is -0.256. The second-order valence-electron chi connectivity index (χ2n) is 8.33. The summed E-state index contributed by atoms with van der Waals surface area (Å²) in [6, 6.07) is 4.55. The van der Waals surface area contributed by atoms with E-state index in [1.165, 1.54) is 12.1 Å². The molecule has 0 saturated carbocycles. The van der Waals surface area contributed by atoms with E-state index in [0.717, 1.165) is 11.3 Å². The van der Waals surface area contributed by atoms with Gasteiger partial charge in [0.15, 0.2) is 0 Å². The lowest BCUT2D eigenvalue weighted by atomic mass is 10.1. The highest BCUT2D eigenvalue weighted by atomic mass is 19.1. The molecule has 2 heterocycles. The second-order valence-corrected chi connectivity index (χ2v) is 8.33. The molecular formula is C20H28FN3O3. The van der Waals surface area contributed by atoms with Gasteiger partial charge in [-0.1, -0.05) is 0 Å². The van der Waals surface area contributed by atoms with Crippen molar-refractivity contribution in [3.05, 3.63) is 29.6 Å². The first-order chi connectivity index (χ1) is 12.6. The molecule has 148 valence electrons. The van der Waals surface area contributed by atoms with Crippen LogP contribution in [0.3, 0.4) is 0 Å². The molecule has 1 saturated heterocycles.